The first-order valence-corrected chi connectivity index (χ1v) is 7.17. The summed E-state index contributed by atoms with van der Waals surface area (Å²) in [5, 5.41) is 3.29. The van der Waals surface area contributed by atoms with Gasteiger partial charge in [-0.05, 0) is 32.1 Å². The Morgan fingerprint density at radius 2 is 2.26 bits per heavy atom. The van der Waals surface area contributed by atoms with Crippen LogP contribution in [0.15, 0.2) is 6.33 Å². The molecule has 0 radical (unpaired) electrons. The molecule has 0 bridgehead atoms. The van der Waals surface area contributed by atoms with E-state index in [-0.39, 0.29) is 11.9 Å². The van der Waals surface area contributed by atoms with E-state index in [9.17, 15) is 4.39 Å². The topological polar surface area (TPSA) is 47.0 Å². The molecule has 3 atom stereocenters. The van der Waals surface area contributed by atoms with Gasteiger partial charge in [-0.3, -0.25) is 0 Å². The minimum atomic E-state index is -0.300. The molecule has 104 valence electrons. The maximum absolute atomic E-state index is 14.2. The van der Waals surface area contributed by atoms with Gasteiger partial charge in [0.25, 0.3) is 0 Å². The SMILES string of the molecule is CCc1ncnc(N[C@@H]2CCC[C@H]3OCC[C@H]23)c1F. The number of hydrogen-bond donors (Lipinski definition) is 1. The van der Waals surface area contributed by atoms with Gasteiger partial charge in [-0.1, -0.05) is 6.92 Å². The third-order valence-corrected chi connectivity index (χ3v) is 4.30. The number of aromatic nitrogens is 2. The van der Waals surface area contributed by atoms with E-state index in [2.05, 4.69) is 15.3 Å². The van der Waals surface area contributed by atoms with Gasteiger partial charge in [-0.2, -0.15) is 0 Å². The molecule has 4 nitrogen and oxygen atoms in total. The highest BCUT2D eigenvalue weighted by Crippen LogP contribution is 2.36. The summed E-state index contributed by atoms with van der Waals surface area (Å²) in [4.78, 5) is 8.02. The first-order valence-electron chi connectivity index (χ1n) is 7.17. The van der Waals surface area contributed by atoms with Crippen molar-refractivity contribution in [2.45, 2.75) is 51.2 Å². The van der Waals surface area contributed by atoms with Crippen LogP contribution in [-0.2, 0) is 11.2 Å². The molecule has 0 unspecified atom stereocenters. The molecule has 1 saturated carbocycles. The number of halogens is 1. The Balaban J connectivity index is 1.77. The van der Waals surface area contributed by atoms with Gasteiger partial charge in [-0.15, -0.1) is 0 Å². The van der Waals surface area contributed by atoms with Crippen LogP contribution in [0.1, 0.15) is 38.3 Å². The molecule has 1 aliphatic carbocycles. The summed E-state index contributed by atoms with van der Waals surface area (Å²) in [5.74, 6) is 0.545. The van der Waals surface area contributed by atoms with Gasteiger partial charge in [-0.25, -0.2) is 14.4 Å². The first kappa shape index (κ1) is 12.8. The van der Waals surface area contributed by atoms with Crippen LogP contribution < -0.4 is 5.32 Å². The van der Waals surface area contributed by atoms with Crippen molar-refractivity contribution in [2.75, 3.05) is 11.9 Å². The van der Waals surface area contributed by atoms with Crippen molar-refractivity contribution in [3.8, 4) is 0 Å². The number of aryl methyl sites for hydroxylation is 1. The number of fused-ring (bicyclic) bond motifs is 1. The highest BCUT2D eigenvalue weighted by Gasteiger charge is 2.38. The standard InChI is InChI=1S/C14H20FN3O/c1-2-10-13(15)14(17-8-16-10)18-11-4-3-5-12-9(11)6-7-19-12/h8-9,11-12H,2-7H2,1H3,(H,16,17,18)/t9-,11-,12-/m1/s1. The molecule has 1 aliphatic heterocycles. The zero-order chi connectivity index (χ0) is 13.2. The maximum Gasteiger partial charge on any atom is 0.186 e. The Hall–Kier alpha value is -1.23. The van der Waals surface area contributed by atoms with Crippen LogP contribution >= 0.6 is 0 Å². The van der Waals surface area contributed by atoms with Gasteiger partial charge in [0.2, 0.25) is 0 Å². The van der Waals surface area contributed by atoms with Crippen LogP contribution in [0.4, 0.5) is 10.2 Å². The van der Waals surface area contributed by atoms with Crippen LogP contribution in [0, 0.1) is 11.7 Å². The number of anilines is 1. The molecule has 1 aromatic heterocycles. The van der Waals surface area contributed by atoms with Gasteiger partial charge >= 0.3 is 0 Å². The molecule has 0 amide bonds. The largest absolute Gasteiger partial charge is 0.378 e. The first-order chi connectivity index (χ1) is 9.29. The molecule has 5 heteroatoms. The lowest BCUT2D eigenvalue weighted by atomic mass is 9.82. The highest BCUT2D eigenvalue weighted by molar-refractivity contribution is 5.38. The van der Waals surface area contributed by atoms with Gasteiger partial charge in [0.05, 0.1) is 11.8 Å². The Morgan fingerprint density at radius 3 is 3.11 bits per heavy atom. The van der Waals surface area contributed by atoms with Crippen molar-refractivity contribution in [2.24, 2.45) is 5.92 Å². The van der Waals surface area contributed by atoms with Crippen molar-refractivity contribution in [3.05, 3.63) is 17.8 Å². The van der Waals surface area contributed by atoms with Crippen LogP contribution in [0.2, 0.25) is 0 Å². The Bertz CT molecular complexity index is 454. The summed E-state index contributed by atoms with van der Waals surface area (Å²) in [6.07, 6.45) is 6.77. The molecule has 0 spiro atoms. The Morgan fingerprint density at radius 1 is 1.37 bits per heavy atom. The summed E-state index contributed by atoms with van der Waals surface area (Å²) >= 11 is 0. The molecule has 2 heterocycles. The molecular formula is C14H20FN3O. The Kier molecular flexibility index (Phi) is 3.64. The van der Waals surface area contributed by atoms with E-state index >= 15 is 0 Å². The van der Waals surface area contributed by atoms with E-state index in [1.807, 2.05) is 6.92 Å². The smallest absolute Gasteiger partial charge is 0.186 e. The van der Waals surface area contributed by atoms with Crippen LogP contribution in [-0.4, -0.2) is 28.7 Å². The monoisotopic (exact) mass is 265 g/mol. The molecular weight excluding hydrogens is 245 g/mol. The molecule has 0 aromatic carbocycles. The normalized spacial score (nSPS) is 30.1. The summed E-state index contributed by atoms with van der Waals surface area (Å²) in [7, 11) is 0. The number of rotatable bonds is 3. The average Bonchev–Trinajstić information content (AvgIpc) is 2.90. The number of nitrogens with one attached hydrogen (secondary N) is 1. The quantitative estimate of drug-likeness (QED) is 0.912. The van der Waals surface area contributed by atoms with Crippen molar-refractivity contribution in [1.29, 1.82) is 0 Å². The third-order valence-electron chi connectivity index (χ3n) is 4.30. The van der Waals surface area contributed by atoms with Gasteiger partial charge in [0, 0.05) is 18.6 Å². The summed E-state index contributed by atoms with van der Waals surface area (Å²) in [6.45, 7) is 2.73. The summed E-state index contributed by atoms with van der Waals surface area (Å²) in [5.41, 5.74) is 0.479. The molecule has 1 N–H and O–H groups in total. The van der Waals surface area contributed by atoms with Crippen LogP contribution in [0.25, 0.3) is 0 Å². The fourth-order valence-corrected chi connectivity index (χ4v) is 3.28. The summed E-state index contributed by atoms with van der Waals surface area (Å²) in [6, 6.07) is 0.273. The second-order valence-electron chi connectivity index (χ2n) is 5.38. The van der Waals surface area contributed by atoms with E-state index in [1.54, 1.807) is 0 Å². The van der Waals surface area contributed by atoms with Gasteiger partial charge in [0.1, 0.15) is 6.33 Å². The van der Waals surface area contributed by atoms with Gasteiger partial charge in [0.15, 0.2) is 11.6 Å². The van der Waals surface area contributed by atoms with E-state index in [0.29, 0.717) is 30.0 Å². The zero-order valence-electron chi connectivity index (χ0n) is 11.2. The minimum Gasteiger partial charge on any atom is -0.378 e. The second-order valence-corrected chi connectivity index (χ2v) is 5.38. The summed E-state index contributed by atoms with van der Waals surface area (Å²) < 4.78 is 19.9. The Labute approximate surface area is 112 Å². The zero-order valence-corrected chi connectivity index (χ0v) is 11.2. The molecule has 19 heavy (non-hydrogen) atoms. The third kappa shape index (κ3) is 2.43. The molecule has 1 aromatic rings. The lowest BCUT2D eigenvalue weighted by Gasteiger charge is -2.33. The van der Waals surface area contributed by atoms with E-state index in [0.717, 1.165) is 32.3 Å². The fraction of sp³-hybridized carbons (Fsp3) is 0.714. The van der Waals surface area contributed by atoms with E-state index in [1.165, 1.54) is 6.33 Å². The van der Waals surface area contributed by atoms with Gasteiger partial charge < -0.3 is 10.1 Å². The number of hydrogen-bond acceptors (Lipinski definition) is 4. The van der Waals surface area contributed by atoms with Crippen molar-refractivity contribution >= 4 is 5.82 Å². The maximum atomic E-state index is 14.2. The van der Waals surface area contributed by atoms with E-state index in [4.69, 9.17) is 4.74 Å². The van der Waals surface area contributed by atoms with Crippen molar-refractivity contribution in [1.82, 2.24) is 9.97 Å². The number of nitrogens with zero attached hydrogens (tertiary/aromatic N) is 2. The predicted octanol–water partition coefficient (Wildman–Crippen LogP) is 2.55. The number of ether oxygens (including phenoxy) is 1. The fourth-order valence-electron chi connectivity index (χ4n) is 3.28. The van der Waals surface area contributed by atoms with Crippen LogP contribution in [0.5, 0.6) is 0 Å². The van der Waals surface area contributed by atoms with Crippen molar-refractivity contribution in [3.63, 3.8) is 0 Å². The molecule has 1 saturated heterocycles. The predicted molar refractivity (Wildman–Crippen MR) is 70.5 cm³/mol. The molecule has 2 fully saturated rings. The second kappa shape index (κ2) is 5.41. The van der Waals surface area contributed by atoms with Crippen LogP contribution in [0.3, 0.4) is 0 Å². The lowest BCUT2D eigenvalue weighted by Crippen LogP contribution is -2.38. The lowest BCUT2D eigenvalue weighted by molar-refractivity contribution is 0.0619. The highest BCUT2D eigenvalue weighted by atomic mass is 19.1. The molecule has 3 rings (SSSR count). The average molecular weight is 265 g/mol. The molecule has 2 aliphatic rings. The minimum absolute atomic E-state index is 0.273. The van der Waals surface area contributed by atoms with E-state index < -0.39 is 0 Å². The van der Waals surface area contributed by atoms with Crippen molar-refractivity contribution < 1.29 is 9.13 Å².